The maximum absolute atomic E-state index is 12.5. The minimum Gasteiger partial charge on any atom is -0.452 e. The molecular weight excluding hydrogens is 380 g/mol. The van der Waals surface area contributed by atoms with Crippen molar-refractivity contribution < 1.29 is 19.1 Å². The molecule has 2 N–H and O–H groups in total. The molecule has 1 fully saturated rings. The molecule has 0 bridgehead atoms. The van der Waals surface area contributed by atoms with Crippen molar-refractivity contribution in [1.82, 2.24) is 9.78 Å². The smallest absolute Gasteiger partial charge is 0.341 e. The molecule has 3 rings (SSSR count). The van der Waals surface area contributed by atoms with Gasteiger partial charge in [-0.05, 0) is 32.3 Å². The summed E-state index contributed by atoms with van der Waals surface area (Å²) in [6, 6.07) is 2.03. The predicted molar refractivity (Wildman–Crippen MR) is 107 cm³/mol. The largest absolute Gasteiger partial charge is 0.452 e. The number of nitrogens with zero attached hydrogens (tertiary/aromatic N) is 2. The van der Waals surface area contributed by atoms with Crippen molar-refractivity contribution in [1.29, 1.82) is 0 Å². The highest BCUT2D eigenvalue weighted by atomic mass is 32.1. The van der Waals surface area contributed by atoms with Gasteiger partial charge in [0, 0.05) is 17.9 Å². The highest BCUT2D eigenvalue weighted by Gasteiger charge is 2.23. The topological polar surface area (TPSA) is 102 Å². The third kappa shape index (κ3) is 4.41. The predicted octanol–water partition coefficient (Wildman–Crippen LogP) is 3.43. The Morgan fingerprint density at radius 2 is 1.96 bits per heavy atom. The van der Waals surface area contributed by atoms with Gasteiger partial charge in [0.2, 0.25) is 5.91 Å². The lowest BCUT2D eigenvalue weighted by Gasteiger charge is -2.14. The van der Waals surface area contributed by atoms with E-state index in [9.17, 15) is 14.4 Å². The summed E-state index contributed by atoms with van der Waals surface area (Å²) in [4.78, 5) is 37.0. The summed E-state index contributed by atoms with van der Waals surface area (Å²) in [5.41, 5.74) is 1.03. The molecule has 8 nitrogen and oxygen atoms in total. The Balaban J connectivity index is 1.62. The molecule has 0 unspecified atom stereocenters. The fourth-order valence-electron chi connectivity index (χ4n) is 3.36. The Labute approximate surface area is 167 Å². The van der Waals surface area contributed by atoms with E-state index in [0.29, 0.717) is 22.4 Å². The second kappa shape index (κ2) is 8.55. The van der Waals surface area contributed by atoms with E-state index >= 15 is 0 Å². The SMILES string of the molecule is CC(=O)Nc1sc(C)c(C)c1C(=O)OCC(=O)Nc1ccnn1C1CCCC1. The molecule has 2 amide bonds. The Bertz CT molecular complexity index is 896. The van der Waals surface area contributed by atoms with E-state index in [2.05, 4.69) is 15.7 Å². The van der Waals surface area contributed by atoms with E-state index in [-0.39, 0.29) is 5.91 Å². The molecule has 2 aromatic rings. The first-order valence-corrected chi connectivity index (χ1v) is 10.1. The number of ether oxygens (including phenoxy) is 1. The summed E-state index contributed by atoms with van der Waals surface area (Å²) >= 11 is 1.31. The van der Waals surface area contributed by atoms with Gasteiger partial charge in [-0.25, -0.2) is 9.48 Å². The maximum atomic E-state index is 12.5. The second-order valence-corrected chi connectivity index (χ2v) is 8.12. The summed E-state index contributed by atoms with van der Waals surface area (Å²) in [5.74, 6) is -0.730. The van der Waals surface area contributed by atoms with Crippen LogP contribution in [0, 0.1) is 13.8 Å². The third-order valence-electron chi connectivity index (χ3n) is 4.82. The lowest BCUT2D eigenvalue weighted by molar-refractivity contribution is -0.119. The Morgan fingerprint density at radius 3 is 2.64 bits per heavy atom. The zero-order chi connectivity index (χ0) is 20.3. The molecule has 0 atom stereocenters. The van der Waals surface area contributed by atoms with Gasteiger partial charge in [0.1, 0.15) is 10.8 Å². The quantitative estimate of drug-likeness (QED) is 0.718. The van der Waals surface area contributed by atoms with Gasteiger partial charge < -0.3 is 15.4 Å². The molecule has 2 heterocycles. The molecule has 0 saturated heterocycles. The number of anilines is 2. The van der Waals surface area contributed by atoms with Crippen molar-refractivity contribution in [2.45, 2.75) is 52.5 Å². The lowest BCUT2D eigenvalue weighted by Crippen LogP contribution is -2.23. The van der Waals surface area contributed by atoms with Gasteiger partial charge in [0.05, 0.1) is 17.8 Å². The van der Waals surface area contributed by atoms with Crippen molar-refractivity contribution in [3.8, 4) is 0 Å². The van der Waals surface area contributed by atoms with E-state index in [4.69, 9.17) is 4.74 Å². The van der Waals surface area contributed by atoms with Crippen LogP contribution in [0.1, 0.15) is 59.4 Å². The number of carbonyl (C=O) groups excluding carboxylic acids is 3. The van der Waals surface area contributed by atoms with Crippen LogP contribution in [0.5, 0.6) is 0 Å². The number of hydrogen-bond acceptors (Lipinski definition) is 6. The van der Waals surface area contributed by atoms with Crippen LogP contribution in [0.25, 0.3) is 0 Å². The summed E-state index contributed by atoms with van der Waals surface area (Å²) in [6.07, 6.45) is 6.05. The average molecular weight is 404 g/mol. The van der Waals surface area contributed by atoms with Crippen LogP contribution >= 0.6 is 11.3 Å². The molecule has 150 valence electrons. The van der Waals surface area contributed by atoms with Gasteiger partial charge in [-0.1, -0.05) is 12.8 Å². The number of aryl methyl sites for hydroxylation is 1. The number of amides is 2. The van der Waals surface area contributed by atoms with Gasteiger partial charge in [-0.3, -0.25) is 9.59 Å². The fraction of sp³-hybridized carbons (Fsp3) is 0.474. The van der Waals surface area contributed by atoms with Gasteiger partial charge in [-0.2, -0.15) is 5.10 Å². The molecule has 0 aliphatic heterocycles. The van der Waals surface area contributed by atoms with Gasteiger partial charge in [-0.15, -0.1) is 11.3 Å². The Kier molecular flexibility index (Phi) is 6.13. The van der Waals surface area contributed by atoms with Gasteiger partial charge in [0.25, 0.3) is 5.91 Å². The van der Waals surface area contributed by atoms with E-state index < -0.39 is 18.5 Å². The Hall–Kier alpha value is -2.68. The van der Waals surface area contributed by atoms with E-state index in [1.54, 1.807) is 19.2 Å². The molecule has 0 aromatic carbocycles. The highest BCUT2D eigenvalue weighted by Crippen LogP contribution is 2.33. The third-order valence-corrected chi connectivity index (χ3v) is 5.94. The summed E-state index contributed by atoms with van der Waals surface area (Å²) in [5, 5.41) is 10.1. The number of carbonyl (C=O) groups is 3. The monoisotopic (exact) mass is 404 g/mol. The second-order valence-electron chi connectivity index (χ2n) is 6.89. The number of hydrogen-bond donors (Lipinski definition) is 2. The van der Waals surface area contributed by atoms with Crippen LogP contribution in [0.4, 0.5) is 10.8 Å². The fourth-order valence-corrected chi connectivity index (χ4v) is 4.45. The standard InChI is InChI=1S/C19H24N4O4S/c1-11-12(2)28-18(21-13(3)24)17(11)19(26)27-10-16(25)22-15-8-9-20-23(15)14-6-4-5-7-14/h8-9,14H,4-7,10H2,1-3H3,(H,21,24)(H,22,25). The minimum absolute atomic E-state index is 0.270. The molecule has 2 aromatic heterocycles. The van der Waals surface area contributed by atoms with Gasteiger partial charge in [0.15, 0.2) is 6.61 Å². The highest BCUT2D eigenvalue weighted by molar-refractivity contribution is 7.16. The number of esters is 1. The normalized spacial score (nSPS) is 14.1. The number of nitrogens with one attached hydrogen (secondary N) is 2. The summed E-state index contributed by atoms with van der Waals surface area (Å²) in [7, 11) is 0. The van der Waals surface area contributed by atoms with E-state index in [1.165, 1.54) is 18.3 Å². The summed E-state index contributed by atoms with van der Waals surface area (Å²) < 4.78 is 7.02. The first-order chi connectivity index (χ1) is 13.4. The molecule has 0 spiro atoms. The van der Waals surface area contributed by atoms with Crippen molar-refractivity contribution in [2.24, 2.45) is 0 Å². The van der Waals surface area contributed by atoms with E-state index in [1.807, 2.05) is 11.6 Å². The lowest BCUT2D eigenvalue weighted by atomic mass is 10.1. The van der Waals surface area contributed by atoms with Crippen molar-refractivity contribution >= 4 is 39.9 Å². The van der Waals surface area contributed by atoms with Crippen LogP contribution in [0.15, 0.2) is 12.3 Å². The van der Waals surface area contributed by atoms with Gasteiger partial charge >= 0.3 is 5.97 Å². The Morgan fingerprint density at radius 1 is 1.25 bits per heavy atom. The molecule has 1 aliphatic carbocycles. The molecule has 0 radical (unpaired) electrons. The molecule has 9 heteroatoms. The zero-order valence-corrected chi connectivity index (χ0v) is 17.0. The van der Waals surface area contributed by atoms with Crippen LogP contribution in [-0.4, -0.2) is 34.2 Å². The first kappa shape index (κ1) is 20.1. The first-order valence-electron chi connectivity index (χ1n) is 9.25. The zero-order valence-electron chi connectivity index (χ0n) is 16.2. The molecule has 1 saturated carbocycles. The van der Waals surface area contributed by atoms with Crippen molar-refractivity contribution in [3.05, 3.63) is 28.3 Å². The molecule has 1 aliphatic rings. The van der Waals surface area contributed by atoms with Crippen molar-refractivity contribution in [3.63, 3.8) is 0 Å². The number of aromatic nitrogens is 2. The van der Waals surface area contributed by atoms with Crippen LogP contribution in [0.2, 0.25) is 0 Å². The number of thiophene rings is 1. The minimum atomic E-state index is -0.634. The summed E-state index contributed by atoms with van der Waals surface area (Å²) in [6.45, 7) is 4.61. The van der Waals surface area contributed by atoms with Crippen LogP contribution < -0.4 is 10.6 Å². The van der Waals surface area contributed by atoms with Crippen LogP contribution in [0.3, 0.4) is 0 Å². The molecule has 28 heavy (non-hydrogen) atoms. The maximum Gasteiger partial charge on any atom is 0.341 e. The van der Waals surface area contributed by atoms with E-state index in [0.717, 1.165) is 36.1 Å². The average Bonchev–Trinajstić information content (AvgIpc) is 3.34. The number of rotatable bonds is 6. The van der Waals surface area contributed by atoms with Crippen molar-refractivity contribution in [2.75, 3.05) is 17.2 Å². The molecular formula is C19H24N4O4S. The van der Waals surface area contributed by atoms with Crippen LogP contribution in [-0.2, 0) is 14.3 Å².